The second-order valence-corrected chi connectivity index (χ2v) is 10.4. The van der Waals surface area contributed by atoms with Crippen molar-refractivity contribution in [1.82, 2.24) is 0 Å². The minimum absolute atomic E-state index is 0.0821. The molecule has 7 atom stereocenters. The van der Waals surface area contributed by atoms with Crippen molar-refractivity contribution >= 4 is 11.7 Å². The molecule has 2 bridgehead atoms. The Bertz CT molecular complexity index is 826. The molecule has 4 saturated heterocycles. The van der Waals surface area contributed by atoms with Crippen LogP contribution in [0.3, 0.4) is 0 Å². The molecule has 0 aromatic heterocycles. The van der Waals surface area contributed by atoms with Gasteiger partial charge in [-0.2, -0.15) is 0 Å². The van der Waals surface area contributed by atoms with Crippen molar-refractivity contribution in [3.8, 4) is 0 Å². The number of anilines is 1. The lowest BCUT2D eigenvalue weighted by Gasteiger charge is -2.58. The summed E-state index contributed by atoms with van der Waals surface area (Å²) in [7, 11) is 4.09. The van der Waals surface area contributed by atoms with E-state index in [1.165, 1.54) is 11.3 Å². The molecule has 6 rings (SSSR count). The maximum Gasteiger partial charge on any atom is 0.311 e. The SMILES string of the molecule is C[C@@H]1CC[C@H]2[C@H](CCCc3ccc(N(C)C)cc3)C(=O)O[C@@H]3O[C@@]4(C)CC[C@@H]1[C@]32OO4. The maximum absolute atomic E-state index is 13.1. The highest BCUT2D eigenvalue weighted by atomic mass is 17.3. The normalized spacial score (nSPS) is 41.3. The van der Waals surface area contributed by atoms with Crippen LogP contribution in [0.25, 0.3) is 0 Å². The summed E-state index contributed by atoms with van der Waals surface area (Å²) < 4.78 is 12.1. The van der Waals surface area contributed by atoms with Gasteiger partial charge in [0.25, 0.3) is 0 Å². The first-order valence-electron chi connectivity index (χ1n) is 11.8. The third-order valence-corrected chi connectivity index (χ3v) is 8.22. The van der Waals surface area contributed by atoms with Gasteiger partial charge in [0, 0.05) is 38.0 Å². The number of hydrogen-bond acceptors (Lipinski definition) is 6. The van der Waals surface area contributed by atoms with Gasteiger partial charge in [-0.1, -0.05) is 19.1 Å². The Labute approximate surface area is 185 Å². The third kappa shape index (κ3) is 3.47. The van der Waals surface area contributed by atoms with Crippen molar-refractivity contribution in [1.29, 1.82) is 0 Å². The van der Waals surface area contributed by atoms with E-state index in [9.17, 15) is 4.79 Å². The van der Waals surface area contributed by atoms with Crippen molar-refractivity contribution in [3.63, 3.8) is 0 Å². The Morgan fingerprint density at radius 2 is 1.84 bits per heavy atom. The van der Waals surface area contributed by atoms with Gasteiger partial charge in [-0.25, -0.2) is 9.78 Å². The number of aryl methyl sites for hydroxylation is 1. The fourth-order valence-electron chi connectivity index (χ4n) is 6.42. The molecule has 5 aliphatic rings. The Kier molecular flexibility index (Phi) is 5.31. The standard InChI is InChI=1S/C25H35NO5/c1-16-8-13-21-19(7-5-6-17-9-11-18(12-10-17)26(3)4)22(27)28-23-25(21)20(16)14-15-24(2,29-23)30-31-25/h9-12,16,19-21,23H,5-8,13-15H2,1-4H3/t16-,19+,20+,21+,23-,24-,25-/m1/s1. The summed E-state index contributed by atoms with van der Waals surface area (Å²) in [5, 5.41) is 0. The van der Waals surface area contributed by atoms with E-state index in [-0.39, 0.29) is 23.7 Å². The number of benzene rings is 1. The van der Waals surface area contributed by atoms with E-state index in [1.54, 1.807) is 0 Å². The number of ether oxygens (including phenoxy) is 2. The Morgan fingerprint density at radius 1 is 1.06 bits per heavy atom. The van der Waals surface area contributed by atoms with Crippen molar-refractivity contribution in [2.75, 3.05) is 19.0 Å². The molecule has 31 heavy (non-hydrogen) atoms. The van der Waals surface area contributed by atoms with Gasteiger partial charge in [0.2, 0.25) is 12.1 Å². The molecule has 1 saturated carbocycles. The van der Waals surface area contributed by atoms with E-state index in [2.05, 4.69) is 36.1 Å². The summed E-state index contributed by atoms with van der Waals surface area (Å²) in [4.78, 5) is 27.2. The fraction of sp³-hybridized carbons (Fsp3) is 0.720. The van der Waals surface area contributed by atoms with Gasteiger partial charge < -0.3 is 14.4 Å². The third-order valence-electron chi connectivity index (χ3n) is 8.22. The van der Waals surface area contributed by atoms with Crippen molar-refractivity contribution in [2.24, 2.45) is 23.7 Å². The van der Waals surface area contributed by atoms with Crippen LogP contribution in [-0.4, -0.2) is 37.7 Å². The van der Waals surface area contributed by atoms with Crippen LogP contribution in [0.2, 0.25) is 0 Å². The number of esters is 1. The van der Waals surface area contributed by atoms with Gasteiger partial charge in [0.05, 0.1) is 5.92 Å². The summed E-state index contributed by atoms with van der Waals surface area (Å²) >= 11 is 0. The first-order chi connectivity index (χ1) is 14.8. The summed E-state index contributed by atoms with van der Waals surface area (Å²) in [6.07, 6.45) is 5.84. The quantitative estimate of drug-likeness (QED) is 0.509. The van der Waals surface area contributed by atoms with Crippen molar-refractivity contribution < 1.29 is 24.0 Å². The van der Waals surface area contributed by atoms with Gasteiger partial charge in [0.1, 0.15) is 0 Å². The zero-order chi connectivity index (χ0) is 21.8. The molecule has 170 valence electrons. The minimum Gasteiger partial charge on any atom is -0.432 e. The fourth-order valence-corrected chi connectivity index (χ4v) is 6.42. The highest BCUT2D eigenvalue weighted by molar-refractivity contribution is 5.74. The van der Waals surface area contributed by atoms with Crippen LogP contribution >= 0.6 is 0 Å². The second-order valence-electron chi connectivity index (χ2n) is 10.4. The molecular weight excluding hydrogens is 394 g/mol. The molecule has 1 spiro atoms. The van der Waals surface area contributed by atoms with E-state index in [0.29, 0.717) is 5.92 Å². The first kappa shape index (κ1) is 21.2. The van der Waals surface area contributed by atoms with Gasteiger partial charge in [-0.3, -0.25) is 4.79 Å². The van der Waals surface area contributed by atoms with Crippen LogP contribution in [0, 0.1) is 23.7 Å². The molecule has 4 aliphatic heterocycles. The molecule has 5 fully saturated rings. The van der Waals surface area contributed by atoms with Crippen molar-refractivity contribution in [3.05, 3.63) is 29.8 Å². The predicted octanol–water partition coefficient (Wildman–Crippen LogP) is 4.46. The zero-order valence-corrected chi connectivity index (χ0v) is 19.1. The van der Waals surface area contributed by atoms with E-state index in [4.69, 9.17) is 19.2 Å². The molecule has 1 aromatic carbocycles. The van der Waals surface area contributed by atoms with Crippen LogP contribution in [0.15, 0.2) is 24.3 Å². The number of nitrogens with zero attached hydrogens (tertiary/aromatic N) is 1. The first-order valence-corrected chi connectivity index (χ1v) is 11.8. The summed E-state index contributed by atoms with van der Waals surface area (Å²) in [6.45, 7) is 4.18. The van der Waals surface area contributed by atoms with Crippen LogP contribution in [-0.2, 0) is 30.5 Å². The minimum atomic E-state index is -0.830. The predicted molar refractivity (Wildman–Crippen MR) is 116 cm³/mol. The number of carbonyl (C=O) groups excluding carboxylic acids is 1. The zero-order valence-electron chi connectivity index (χ0n) is 19.1. The molecule has 4 heterocycles. The highest BCUT2D eigenvalue weighted by Crippen LogP contribution is 2.60. The number of rotatable bonds is 5. The van der Waals surface area contributed by atoms with Gasteiger partial charge in [-0.05, 0) is 69.1 Å². The van der Waals surface area contributed by atoms with E-state index in [1.807, 2.05) is 21.0 Å². The molecule has 0 N–H and O–H groups in total. The molecular formula is C25H35NO5. The number of carbonyl (C=O) groups is 1. The molecule has 6 nitrogen and oxygen atoms in total. The highest BCUT2D eigenvalue weighted by Gasteiger charge is 2.70. The molecule has 6 heteroatoms. The Hall–Kier alpha value is -1.63. The number of hydrogen-bond donors (Lipinski definition) is 0. The molecule has 0 radical (unpaired) electrons. The van der Waals surface area contributed by atoms with Crippen molar-refractivity contribution in [2.45, 2.75) is 76.5 Å². The summed E-state index contributed by atoms with van der Waals surface area (Å²) in [5.41, 5.74) is 1.83. The summed E-state index contributed by atoms with van der Waals surface area (Å²) in [6, 6.07) is 8.65. The second kappa shape index (κ2) is 7.75. The lowest BCUT2D eigenvalue weighted by atomic mass is 9.57. The van der Waals surface area contributed by atoms with Gasteiger partial charge in [0.15, 0.2) is 5.60 Å². The Balaban J connectivity index is 1.33. The van der Waals surface area contributed by atoms with E-state index >= 15 is 0 Å². The van der Waals surface area contributed by atoms with Crippen LogP contribution in [0.1, 0.15) is 57.9 Å². The lowest BCUT2D eigenvalue weighted by Crippen LogP contribution is -2.70. The average molecular weight is 430 g/mol. The number of fused-ring (bicyclic) bond motifs is 2. The van der Waals surface area contributed by atoms with Crippen LogP contribution in [0.5, 0.6) is 0 Å². The average Bonchev–Trinajstić information content (AvgIpc) is 2.97. The monoisotopic (exact) mass is 429 g/mol. The van der Waals surface area contributed by atoms with Crippen LogP contribution < -0.4 is 4.90 Å². The smallest absolute Gasteiger partial charge is 0.311 e. The van der Waals surface area contributed by atoms with Crippen LogP contribution in [0.4, 0.5) is 5.69 Å². The molecule has 0 unspecified atom stereocenters. The largest absolute Gasteiger partial charge is 0.432 e. The molecule has 0 amide bonds. The van der Waals surface area contributed by atoms with Gasteiger partial charge >= 0.3 is 5.97 Å². The summed E-state index contributed by atoms with van der Waals surface area (Å²) in [5.74, 6) is -0.255. The van der Waals surface area contributed by atoms with Gasteiger partial charge in [-0.15, -0.1) is 0 Å². The maximum atomic E-state index is 13.1. The molecule has 1 aliphatic carbocycles. The Morgan fingerprint density at radius 3 is 2.58 bits per heavy atom. The topological polar surface area (TPSA) is 57.2 Å². The van der Waals surface area contributed by atoms with E-state index in [0.717, 1.165) is 44.9 Å². The van der Waals surface area contributed by atoms with E-state index < -0.39 is 17.7 Å². The lowest BCUT2D eigenvalue weighted by molar-refractivity contribution is -0.559. The molecule has 1 aromatic rings.